The fourth-order valence-corrected chi connectivity index (χ4v) is 2.27. The van der Waals surface area contributed by atoms with Crippen molar-refractivity contribution in [2.24, 2.45) is 5.92 Å². The van der Waals surface area contributed by atoms with Gasteiger partial charge in [-0.25, -0.2) is 0 Å². The predicted molar refractivity (Wildman–Crippen MR) is 67.3 cm³/mol. The van der Waals surface area contributed by atoms with E-state index < -0.39 is 4.92 Å². The lowest BCUT2D eigenvalue weighted by Crippen LogP contribution is -2.30. The van der Waals surface area contributed by atoms with Gasteiger partial charge in [-0.05, 0) is 28.8 Å². The summed E-state index contributed by atoms with van der Waals surface area (Å²) in [5, 5.41) is 23.4. The van der Waals surface area contributed by atoms with E-state index in [0.29, 0.717) is 6.54 Å². The Morgan fingerprint density at radius 3 is 2.83 bits per heavy atom. The number of hydrogen-bond donors (Lipinski definition) is 2. The van der Waals surface area contributed by atoms with Crippen LogP contribution in [0.1, 0.15) is 25.7 Å². The zero-order valence-corrected chi connectivity index (χ0v) is 10.1. The molecule has 1 fully saturated rings. The van der Waals surface area contributed by atoms with Crippen LogP contribution in [0.2, 0.25) is 0 Å². The van der Waals surface area contributed by atoms with Crippen LogP contribution in [0.3, 0.4) is 0 Å². The van der Waals surface area contributed by atoms with E-state index in [1.807, 2.05) is 0 Å². The molecule has 6 heteroatoms. The third kappa shape index (κ3) is 3.16. The minimum absolute atomic E-state index is 0.154. The summed E-state index contributed by atoms with van der Waals surface area (Å²) in [6, 6.07) is 3.01. The van der Waals surface area contributed by atoms with Gasteiger partial charge in [0, 0.05) is 18.5 Å². The van der Waals surface area contributed by atoms with Crippen molar-refractivity contribution in [3.8, 4) is 0 Å². The highest BCUT2D eigenvalue weighted by Crippen LogP contribution is 2.24. The Morgan fingerprint density at radius 2 is 2.22 bits per heavy atom. The Morgan fingerprint density at radius 1 is 1.44 bits per heavy atom. The average molecular weight is 251 g/mol. The van der Waals surface area contributed by atoms with E-state index in [-0.39, 0.29) is 17.8 Å². The maximum absolute atomic E-state index is 10.5. The zero-order chi connectivity index (χ0) is 13.0. The number of hydrogen-bond acceptors (Lipinski definition) is 5. The second-order valence-electron chi connectivity index (χ2n) is 4.65. The summed E-state index contributed by atoms with van der Waals surface area (Å²) >= 11 is 0. The summed E-state index contributed by atoms with van der Waals surface area (Å²) in [6.07, 6.45) is 5.35. The first kappa shape index (κ1) is 12.8. The van der Waals surface area contributed by atoms with Crippen LogP contribution in [0.15, 0.2) is 18.3 Å². The molecule has 2 atom stereocenters. The van der Waals surface area contributed by atoms with Gasteiger partial charge in [-0.3, -0.25) is 0 Å². The minimum Gasteiger partial charge on any atom is -0.393 e. The third-order valence-corrected chi connectivity index (χ3v) is 3.37. The topological polar surface area (TPSA) is 88.3 Å². The molecule has 6 nitrogen and oxygen atoms in total. The predicted octanol–water partition coefficient (Wildman–Crippen LogP) is 1.95. The fraction of sp³-hybridized carbons (Fsp3) is 0.583. The molecular formula is C12H17N3O3. The number of nitrogens with zero attached hydrogens (tertiary/aromatic N) is 2. The van der Waals surface area contributed by atoms with Crippen LogP contribution < -0.4 is 5.32 Å². The summed E-state index contributed by atoms with van der Waals surface area (Å²) in [4.78, 5) is 13.7. The number of anilines is 1. The van der Waals surface area contributed by atoms with Gasteiger partial charge < -0.3 is 20.5 Å². The van der Waals surface area contributed by atoms with Crippen LogP contribution in [-0.2, 0) is 0 Å². The van der Waals surface area contributed by atoms with E-state index in [0.717, 1.165) is 31.4 Å². The lowest BCUT2D eigenvalue weighted by atomic mass is 9.86. The maximum Gasteiger partial charge on any atom is 0.363 e. The maximum atomic E-state index is 10.5. The third-order valence-electron chi connectivity index (χ3n) is 3.37. The smallest absolute Gasteiger partial charge is 0.363 e. The molecule has 0 bridgehead atoms. The SMILES string of the molecule is O=[N+]([O-])c1ccc(NCC2CCCCC2O)cn1. The zero-order valence-electron chi connectivity index (χ0n) is 10.1. The molecule has 1 aliphatic rings. The first-order valence-corrected chi connectivity index (χ1v) is 6.19. The van der Waals surface area contributed by atoms with Gasteiger partial charge >= 0.3 is 5.82 Å². The van der Waals surface area contributed by atoms with Gasteiger partial charge in [-0.2, -0.15) is 0 Å². The molecule has 0 aliphatic heterocycles. The number of nitro groups is 1. The van der Waals surface area contributed by atoms with Gasteiger partial charge in [0.05, 0.1) is 11.8 Å². The second kappa shape index (κ2) is 5.77. The molecule has 0 aromatic carbocycles. The van der Waals surface area contributed by atoms with Gasteiger partial charge in [-0.15, -0.1) is 0 Å². The quantitative estimate of drug-likeness (QED) is 0.630. The van der Waals surface area contributed by atoms with Crippen LogP contribution in [0.4, 0.5) is 11.5 Å². The van der Waals surface area contributed by atoms with Crippen molar-refractivity contribution in [2.45, 2.75) is 31.8 Å². The highest BCUT2D eigenvalue weighted by atomic mass is 16.6. The molecule has 2 rings (SSSR count). The standard InChI is InChI=1S/C12H17N3O3/c16-11-4-2-1-3-9(11)7-13-10-5-6-12(14-8-10)15(17)18/h5-6,8-9,11,13,16H,1-4,7H2. The van der Waals surface area contributed by atoms with Crippen LogP contribution in [0, 0.1) is 16.0 Å². The van der Waals surface area contributed by atoms with E-state index in [4.69, 9.17) is 0 Å². The molecule has 0 saturated heterocycles. The van der Waals surface area contributed by atoms with Gasteiger partial charge in [0.25, 0.3) is 0 Å². The Bertz CT molecular complexity index is 408. The number of nitrogens with one attached hydrogen (secondary N) is 1. The molecule has 1 heterocycles. The number of pyridine rings is 1. The Labute approximate surface area is 105 Å². The number of rotatable bonds is 4. The number of aromatic nitrogens is 1. The van der Waals surface area contributed by atoms with Crippen molar-refractivity contribution in [3.63, 3.8) is 0 Å². The van der Waals surface area contributed by atoms with Gasteiger partial charge in [0.1, 0.15) is 0 Å². The van der Waals surface area contributed by atoms with Gasteiger partial charge in [-0.1, -0.05) is 12.8 Å². The molecule has 18 heavy (non-hydrogen) atoms. The van der Waals surface area contributed by atoms with E-state index in [9.17, 15) is 15.2 Å². The Hall–Kier alpha value is -1.69. The van der Waals surface area contributed by atoms with Gasteiger partial charge in [0.15, 0.2) is 6.20 Å². The summed E-state index contributed by atoms with van der Waals surface area (Å²) in [5.41, 5.74) is 0.748. The number of aliphatic hydroxyl groups is 1. The van der Waals surface area contributed by atoms with Crippen molar-refractivity contribution in [2.75, 3.05) is 11.9 Å². The summed E-state index contributed by atoms with van der Waals surface area (Å²) < 4.78 is 0. The Kier molecular flexibility index (Phi) is 4.09. The fourth-order valence-electron chi connectivity index (χ4n) is 2.27. The van der Waals surface area contributed by atoms with Crippen molar-refractivity contribution in [1.82, 2.24) is 4.98 Å². The molecule has 0 radical (unpaired) electrons. The molecule has 1 aromatic heterocycles. The van der Waals surface area contributed by atoms with Crippen molar-refractivity contribution in [3.05, 3.63) is 28.4 Å². The normalized spacial score (nSPS) is 23.6. The molecule has 1 aliphatic carbocycles. The van der Waals surface area contributed by atoms with Crippen molar-refractivity contribution < 1.29 is 10.0 Å². The van der Waals surface area contributed by atoms with Crippen LogP contribution in [-0.4, -0.2) is 27.7 Å². The van der Waals surface area contributed by atoms with E-state index >= 15 is 0 Å². The molecule has 0 amide bonds. The molecule has 1 aromatic rings. The van der Waals surface area contributed by atoms with E-state index in [2.05, 4.69) is 10.3 Å². The van der Waals surface area contributed by atoms with Crippen LogP contribution in [0.25, 0.3) is 0 Å². The molecule has 1 saturated carbocycles. The first-order chi connectivity index (χ1) is 8.66. The largest absolute Gasteiger partial charge is 0.393 e. The second-order valence-corrected chi connectivity index (χ2v) is 4.65. The summed E-state index contributed by atoms with van der Waals surface area (Å²) in [6.45, 7) is 0.681. The van der Waals surface area contributed by atoms with Gasteiger partial charge in [0.2, 0.25) is 0 Å². The minimum atomic E-state index is -0.519. The van der Waals surface area contributed by atoms with Crippen LogP contribution >= 0.6 is 0 Å². The summed E-state index contributed by atoms with van der Waals surface area (Å²) in [7, 11) is 0. The molecule has 2 unspecified atom stereocenters. The molecule has 2 N–H and O–H groups in total. The highest BCUT2D eigenvalue weighted by molar-refractivity contribution is 5.43. The molecule has 98 valence electrons. The van der Waals surface area contributed by atoms with Crippen LogP contribution in [0.5, 0.6) is 0 Å². The Balaban J connectivity index is 1.87. The molecule has 0 spiro atoms. The lowest BCUT2D eigenvalue weighted by Gasteiger charge is -2.27. The van der Waals surface area contributed by atoms with Crippen molar-refractivity contribution >= 4 is 11.5 Å². The average Bonchev–Trinajstić information content (AvgIpc) is 2.38. The highest BCUT2D eigenvalue weighted by Gasteiger charge is 2.22. The lowest BCUT2D eigenvalue weighted by molar-refractivity contribution is -0.389. The van der Waals surface area contributed by atoms with E-state index in [1.54, 1.807) is 6.07 Å². The summed E-state index contributed by atoms with van der Waals surface area (Å²) in [5.74, 6) is 0.104. The first-order valence-electron chi connectivity index (χ1n) is 6.19. The number of aliphatic hydroxyl groups excluding tert-OH is 1. The molecular weight excluding hydrogens is 234 g/mol. The monoisotopic (exact) mass is 251 g/mol. The van der Waals surface area contributed by atoms with Crippen molar-refractivity contribution in [1.29, 1.82) is 0 Å². The van der Waals surface area contributed by atoms with E-state index in [1.165, 1.54) is 12.3 Å².